The molecule has 1 fully saturated rings. The van der Waals surface area contributed by atoms with E-state index in [1.54, 1.807) is 18.2 Å². The lowest BCUT2D eigenvalue weighted by atomic mass is 10.0. The van der Waals surface area contributed by atoms with Crippen LogP contribution in [0, 0.1) is 0 Å². The van der Waals surface area contributed by atoms with Crippen molar-refractivity contribution in [3.63, 3.8) is 0 Å². The number of rotatable bonds is 7. The Morgan fingerprint density at radius 3 is 2.70 bits per heavy atom. The number of benzene rings is 1. The van der Waals surface area contributed by atoms with Gasteiger partial charge in [0.25, 0.3) is 0 Å². The molecule has 0 bridgehead atoms. The molecule has 0 aliphatic carbocycles. The zero-order valence-electron chi connectivity index (χ0n) is 14.1. The van der Waals surface area contributed by atoms with E-state index in [0.29, 0.717) is 23.8 Å². The maximum absolute atomic E-state index is 12.4. The van der Waals surface area contributed by atoms with Crippen LogP contribution in [0.15, 0.2) is 24.3 Å². The SMILES string of the molecule is CCCN(CC(=O)Nc1cccc(C(C)=O)c1)C1CCNCC1. The second-order valence-electron chi connectivity index (χ2n) is 6.14. The summed E-state index contributed by atoms with van der Waals surface area (Å²) in [5, 5.41) is 6.28. The summed E-state index contributed by atoms with van der Waals surface area (Å²) in [5.74, 6) is -0.0129. The van der Waals surface area contributed by atoms with E-state index in [1.807, 2.05) is 6.07 Å². The molecule has 0 radical (unpaired) electrons. The third kappa shape index (κ3) is 5.44. The summed E-state index contributed by atoms with van der Waals surface area (Å²) in [5.41, 5.74) is 1.30. The van der Waals surface area contributed by atoms with Gasteiger partial charge in [0.2, 0.25) is 5.91 Å². The number of nitrogens with one attached hydrogen (secondary N) is 2. The number of carbonyl (C=O) groups excluding carboxylic acids is 2. The van der Waals surface area contributed by atoms with E-state index in [9.17, 15) is 9.59 Å². The fourth-order valence-electron chi connectivity index (χ4n) is 3.05. The molecule has 0 atom stereocenters. The van der Waals surface area contributed by atoms with Crippen molar-refractivity contribution in [1.29, 1.82) is 0 Å². The highest BCUT2D eigenvalue weighted by molar-refractivity contribution is 5.97. The average molecular weight is 317 g/mol. The summed E-state index contributed by atoms with van der Waals surface area (Å²) in [6, 6.07) is 7.58. The number of ketones is 1. The minimum absolute atomic E-state index is 0.00316. The van der Waals surface area contributed by atoms with Crippen molar-refractivity contribution in [1.82, 2.24) is 10.2 Å². The molecule has 2 N–H and O–H groups in total. The number of anilines is 1. The minimum atomic E-state index is -0.0160. The Morgan fingerprint density at radius 2 is 2.04 bits per heavy atom. The van der Waals surface area contributed by atoms with Gasteiger partial charge in [-0.1, -0.05) is 19.1 Å². The molecule has 0 unspecified atom stereocenters. The minimum Gasteiger partial charge on any atom is -0.325 e. The van der Waals surface area contributed by atoms with E-state index in [2.05, 4.69) is 22.5 Å². The summed E-state index contributed by atoms with van der Waals surface area (Å²) in [6.45, 7) is 7.05. The molecule has 1 saturated heterocycles. The highest BCUT2D eigenvalue weighted by atomic mass is 16.2. The predicted octanol–water partition coefficient (Wildman–Crippen LogP) is 2.29. The van der Waals surface area contributed by atoms with Crippen LogP contribution in [-0.2, 0) is 4.79 Å². The van der Waals surface area contributed by atoms with Crippen LogP contribution < -0.4 is 10.6 Å². The molecule has 1 aromatic rings. The van der Waals surface area contributed by atoms with Gasteiger partial charge in [-0.2, -0.15) is 0 Å². The van der Waals surface area contributed by atoms with Crippen LogP contribution in [0.1, 0.15) is 43.5 Å². The molecule has 5 nitrogen and oxygen atoms in total. The molecular formula is C18H27N3O2. The lowest BCUT2D eigenvalue weighted by Gasteiger charge is -2.34. The molecule has 126 valence electrons. The summed E-state index contributed by atoms with van der Waals surface area (Å²) in [6.07, 6.45) is 3.22. The van der Waals surface area contributed by atoms with E-state index in [4.69, 9.17) is 0 Å². The average Bonchev–Trinajstić information content (AvgIpc) is 2.55. The van der Waals surface area contributed by atoms with Crippen LogP contribution in [0.2, 0.25) is 0 Å². The van der Waals surface area contributed by atoms with Gasteiger partial charge in [-0.25, -0.2) is 0 Å². The van der Waals surface area contributed by atoms with Crippen molar-refractivity contribution in [3.05, 3.63) is 29.8 Å². The number of amides is 1. The summed E-state index contributed by atoms with van der Waals surface area (Å²) in [4.78, 5) is 26.1. The quantitative estimate of drug-likeness (QED) is 0.758. The molecule has 1 heterocycles. The molecule has 1 aromatic carbocycles. The van der Waals surface area contributed by atoms with Crippen LogP contribution >= 0.6 is 0 Å². The van der Waals surface area contributed by atoms with Crippen molar-refractivity contribution >= 4 is 17.4 Å². The van der Waals surface area contributed by atoms with Crippen molar-refractivity contribution in [2.75, 3.05) is 31.5 Å². The first kappa shape index (κ1) is 17.6. The molecule has 1 aliphatic rings. The Morgan fingerprint density at radius 1 is 1.30 bits per heavy atom. The van der Waals surface area contributed by atoms with E-state index in [1.165, 1.54) is 6.92 Å². The summed E-state index contributed by atoms with van der Waals surface area (Å²) < 4.78 is 0. The molecule has 5 heteroatoms. The first-order valence-electron chi connectivity index (χ1n) is 8.45. The van der Waals surface area contributed by atoms with Gasteiger partial charge in [0.1, 0.15) is 0 Å². The van der Waals surface area contributed by atoms with Crippen LogP contribution in [-0.4, -0.2) is 48.8 Å². The number of carbonyl (C=O) groups is 2. The predicted molar refractivity (Wildman–Crippen MR) is 92.8 cm³/mol. The molecule has 1 aliphatic heterocycles. The molecule has 23 heavy (non-hydrogen) atoms. The molecule has 1 amide bonds. The van der Waals surface area contributed by atoms with Gasteiger partial charge in [-0.05, 0) is 58.0 Å². The number of hydrogen-bond donors (Lipinski definition) is 2. The standard InChI is InChI=1S/C18H27N3O2/c1-3-11-21(17-7-9-19-10-8-17)13-18(23)20-16-6-4-5-15(12-16)14(2)22/h4-6,12,17,19H,3,7-11,13H2,1-2H3,(H,20,23). The van der Waals surface area contributed by atoms with Gasteiger partial charge in [0, 0.05) is 17.3 Å². The largest absolute Gasteiger partial charge is 0.325 e. The molecular weight excluding hydrogens is 290 g/mol. The van der Waals surface area contributed by atoms with Gasteiger partial charge in [-0.15, -0.1) is 0 Å². The van der Waals surface area contributed by atoms with Crippen molar-refractivity contribution < 1.29 is 9.59 Å². The first-order valence-corrected chi connectivity index (χ1v) is 8.45. The highest BCUT2D eigenvalue weighted by Crippen LogP contribution is 2.14. The number of hydrogen-bond acceptors (Lipinski definition) is 4. The van der Waals surface area contributed by atoms with Crippen LogP contribution in [0.5, 0.6) is 0 Å². The Bertz CT molecular complexity index is 539. The summed E-state index contributed by atoms with van der Waals surface area (Å²) >= 11 is 0. The van der Waals surface area contributed by atoms with E-state index < -0.39 is 0 Å². The lowest BCUT2D eigenvalue weighted by molar-refractivity contribution is -0.118. The number of nitrogens with zero attached hydrogens (tertiary/aromatic N) is 1. The third-order valence-electron chi connectivity index (χ3n) is 4.24. The Kier molecular flexibility index (Phi) is 6.74. The van der Waals surface area contributed by atoms with Gasteiger partial charge >= 0.3 is 0 Å². The molecule has 0 spiro atoms. The van der Waals surface area contributed by atoms with Gasteiger partial charge in [-0.3, -0.25) is 14.5 Å². The number of piperidine rings is 1. The van der Waals surface area contributed by atoms with Crippen LogP contribution in [0.25, 0.3) is 0 Å². The van der Waals surface area contributed by atoms with Crippen molar-refractivity contribution in [3.8, 4) is 0 Å². The zero-order valence-corrected chi connectivity index (χ0v) is 14.1. The fraction of sp³-hybridized carbons (Fsp3) is 0.556. The molecule has 0 saturated carbocycles. The zero-order chi connectivity index (χ0) is 16.7. The maximum Gasteiger partial charge on any atom is 0.238 e. The monoisotopic (exact) mass is 317 g/mol. The third-order valence-corrected chi connectivity index (χ3v) is 4.24. The second kappa shape index (κ2) is 8.79. The van der Waals surface area contributed by atoms with E-state index >= 15 is 0 Å². The van der Waals surface area contributed by atoms with Crippen LogP contribution in [0.3, 0.4) is 0 Å². The molecule has 0 aromatic heterocycles. The Balaban J connectivity index is 1.95. The lowest BCUT2D eigenvalue weighted by Crippen LogP contribution is -2.46. The van der Waals surface area contributed by atoms with Gasteiger partial charge < -0.3 is 10.6 Å². The van der Waals surface area contributed by atoms with Crippen molar-refractivity contribution in [2.24, 2.45) is 0 Å². The second-order valence-corrected chi connectivity index (χ2v) is 6.14. The van der Waals surface area contributed by atoms with Gasteiger partial charge in [0.15, 0.2) is 5.78 Å². The van der Waals surface area contributed by atoms with E-state index in [-0.39, 0.29) is 11.7 Å². The highest BCUT2D eigenvalue weighted by Gasteiger charge is 2.22. The van der Waals surface area contributed by atoms with Crippen LogP contribution in [0.4, 0.5) is 5.69 Å². The smallest absolute Gasteiger partial charge is 0.238 e. The fourth-order valence-corrected chi connectivity index (χ4v) is 3.05. The summed E-state index contributed by atoms with van der Waals surface area (Å²) in [7, 11) is 0. The van der Waals surface area contributed by atoms with E-state index in [0.717, 1.165) is 38.9 Å². The maximum atomic E-state index is 12.4. The topological polar surface area (TPSA) is 61.4 Å². The van der Waals surface area contributed by atoms with Crippen molar-refractivity contribution in [2.45, 2.75) is 39.2 Å². The Hall–Kier alpha value is -1.72. The Labute approximate surface area is 138 Å². The normalized spacial score (nSPS) is 15.6. The van der Waals surface area contributed by atoms with Gasteiger partial charge in [0.05, 0.1) is 6.54 Å². The number of Topliss-reactive ketones (excluding diaryl/α,β-unsaturated/α-hetero) is 1. The molecule has 2 rings (SSSR count). The first-order chi connectivity index (χ1) is 11.1.